The highest BCUT2D eigenvalue weighted by atomic mass is 16.5. The molecule has 4 heteroatoms. The van der Waals surface area contributed by atoms with Crippen molar-refractivity contribution in [1.82, 2.24) is 4.90 Å². The molecule has 18 heavy (non-hydrogen) atoms. The first-order chi connectivity index (χ1) is 8.74. The van der Waals surface area contributed by atoms with Crippen molar-refractivity contribution >= 4 is 5.91 Å². The predicted octanol–water partition coefficient (Wildman–Crippen LogP) is 1.95. The number of morpholine rings is 1. The highest BCUT2D eigenvalue weighted by molar-refractivity contribution is 5.94. The summed E-state index contributed by atoms with van der Waals surface area (Å²) in [7, 11) is 1.60. The number of amides is 1. The maximum absolute atomic E-state index is 12.3. The second kappa shape index (κ2) is 5.87. The normalized spacial score (nSPS) is 19.7. The smallest absolute Gasteiger partial charge is 0.254 e. The van der Waals surface area contributed by atoms with Crippen LogP contribution >= 0.6 is 0 Å². The average Bonchev–Trinajstić information content (AvgIpc) is 2.46. The van der Waals surface area contributed by atoms with Gasteiger partial charge in [-0.15, -0.1) is 0 Å². The maximum Gasteiger partial charge on any atom is 0.254 e. The van der Waals surface area contributed by atoms with E-state index in [0.717, 1.165) is 6.42 Å². The Balaban J connectivity index is 2.10. The van der Waals surface area contributed by atoms with E-state index in [1.165, 1.54) is 0 Å². The van der Waals surface area contributed by atoms with E-state index in [-0.39, 0.29) is 12.0 Å². The van der Waals surface area contributed by atoms with Crippen LogP contribution in [0.3, 0.4) is 0 Å². The van der Waals surface area contributed by atoms with Crippen LogP contribution in [0, 0.1) is 0 Å². The van der Waals surface area contributed by atoms with Gasteiger partial charge in [-0.1, -0.05) is 13.0 Å². The van der Waals surface area contributed by atoms with E-state index >= 15 is 0 Å². The van der Waals surface area contributed by atoms with Gasteiger partial charge >= 0.3 is 0 Å². The number of hydrogen-bond donors (Lipinski definition) is 0. The fraction of sp³-hybridized carbons (Fsp3) is 0.500. The van der Waals surface area contributed by atoms with Crippen LogP contribution in [-0.2, 0) is 4.74 Å². The van der Waals surface area contributed by atoms with Crippen LogP contribution in [0.2, 0.25) is 0 Å². The third-order valence-corrected chi connectivity index (χ3v) is 3.20. The molecule has 4 nitrogen and oxygen atoms in total. The number of carbonyl (C=O) groups is 1. The molecule has 1 fully saturated rings. The number of ether oxygens (including phenoxy) is 2. The third kappa shape index (κ3) is 2.82. The number of carbonyl (C=O) groups excluding carboxylic acids is 1. The molecular weight excluding hydrogens is 230 g/mol. The molecule has 1 aliphatic rings. The average molecular weight is 249 g/mol. The van der Waals surface area contributed by atoms with Crippen molar-refractivity contribution < 1.29 is 14.3 Å². The zero-order valence-electron chi connectivity index (χ0n) is 10.9. The first kappa shape index (κ1) is 12.9. The predicted molar refractivity (Wildman–Crippen MR) is 68.9 cm³/mol. The van der Waals surface area contributed by atoms with E-state index in [1.54, 1.807) is 13.2 Å². The lowest BCUT2D eigenvalue weighted by Gasteiger charge is -2.32. The molecule has 1 aromatic carbocycles. The van der Waals surface area contributed by atoms with Gasteiger partial charge in [0.25, 0.3) is 5.91 Å². The number of hydrogen-bond acceptors (Lipinski definition) is 3. The summed E-state index contributed by atoms with van der Waals surface area (Å²) >= 11 is 0. The minimum absolute atomic E-state index is 0.0515. The van der Waals surface area contributed by atoms with E-state index in [9.17, 15) is 4.79 Å². The Morgan fingerprint density at radius 2 is 2.39 bits per heavy atom. The lowest BCUT2D eigenvalue weighted by molar-refractivity contribution is -0.0226. The zero-order valence-corrected chi connectivity index (χ0v) is 10.9. The lowest BCUT2D eigenvalue weighted by atomic mass is 10.1. The van der Waals surface area contributed by atoms with Crippen LogP contribution < -0.4 is 4.74 Å². The molecule has 0 spiro atoms. The first-order valence-corrected chi connectivity index (χ1v) is 6.29. The molecule has 0 bridgehead atoms. The molecule has 1 aromatic rings. The summed E-state index contributed by atoms with van der Waals surface area (Å²) in [6.45, 7) is 4.03. The summed E-state index contributed by atoms with van der Waals surface area (Å²) in [5.41, 5.74) is 0.672. The topological polar surface area (TPSA) is 38.8 Å². The van der Waals surface area contributed by atoms with Crippen LogP contribution in [0.1, 0.15) is 23.7 Å². The Morgan fingerprint density at radius 3 is 3.11 bits per heavy atom. The minimum Gasteiger partial charge on any atom is -0.497 e. The van der Waals surface area contributed by atoms with Gasteiger partial charge in [-0.2, -0.15) is 0 Å². The van der Waals surface area contributed by atoms with Gasteiger partial charge < -0.3 is 14.4 Å². The molecular formula is C14H19NO3. The molecule has 1 unspecified atom stereocenters. The molecule has 1 aliphatic heterocycles. The molecule has 0 N–H and O–H groups in total. The molecule has 1 amide bonds. The van der Waals surface area contributed by atoms with Crippen molar-refractivity contribution in [2.45, 2.75) is 19.4 Å². The second-order valence-electron chi connectivity index (χ2n) is 4.38. The van der Waals surface area contributed by atoms with Crippen LogP contribution in [-0.4, -0.2) is 43.7 Å². The maximum atomic E-state index is 12.3. The quantitative estimate of drug-likeness (QED) is 0.822. The molecule has 2 rings (SSSR count). The molecule has 0 radical (unpaired) electrons. The highest BCUT2D eigenvalue weighted by Crippen LogP contribution is 2.16. The Kier molecular flexibility index (Phi) is 4.20. The van der Waals surface area contributed by atoms with E-state index < -0.39 is 0 Å². The van der Waals surface area contributed by atoms with E-state index in [2.05, 4.69) is 6.92 Å². The Labute approximate surface area is 107 Å². The van der Waals surface area contributed by atoms with Gasteiger partial charge in [-0.3, -0.25) is 4.79 Å². The van der Waals surface area contributed by atoms with Gasteiger partial charge in [-0.05, 0) is 24.6 Å². The SMILES string of the molecule is CCC1CN(C(=O)c2cccc(OC)c2)CCO1. The second-order valence-corrected chi connectivity index (χ2v) is 4.38. The van der Waals surface area contributed by atoms with Crippen LogP contribution in [0.4, 0.5) is 0 Å². The van der Waals surface area contributed by atoms with Crippen molar-refractivity contribution in [2.24, 2.45) is 0 Å². The number of methoxy groups -OCH3 is 1. The van der Waals surface area contributed by atoms with Gasteiger partial charge in [0.05, 0.1) is 19.8 Å². The Bertz CT molecular complexity index is 419. The molecule has 0 aliphatic carbocycles. The molecule has 1 atom stereocenters. The monoisotopic (exact) mass is 249 g/mol. The summed E-state index contributed by atoms with van der Waals surface area (Å²) in [5.74, 6) is 0.761. The van der Waals surface area contributed by atoms with Crippen LogP contribution in [0.25, 0.3) is 0 Å². The van der Waals surface area contributed by atoms with Crippen molar-refractivity contribution in [2.75, 3.05) is 26.8 Å². The summed E-state index contributed by atoms with van der Waals surface area (Å²) < 4.78 is 10.7. The lowest BCUT2D eigenvalue weighted by Crippen LogP contribution is -2.45. The van der Waals surface area contributed by atoms with Crippen LogP contribution in [0.15, 0.2) is 24.3 Å². The Hall–Kier alpha value is -1.55. The standard InChI is InChI=1S/C14H19NO3/c1-3-12-10-15(7-8-18-12)14(16)11-5-4-6-13(9-11)17-2/h4-6,9,12H,3,7-8,10H2,1-2H3. The fourth-order valence-corrected chi connectivity index (χ4v) is 2.09. The third-order valence-electron chi connectivity index (χ3n) is 3.20. The summed E-state index contributed by atoms with van der Waals surface area (Å²) in [5, 5.41) is 0. The van der Waals surface area contributed by atoms with Crippen molar-refractivity contribution in [3.8, 4) is 5.75 Å². The van der Waals surface area contributed by atoms with Gasteiger partial charge in [0.2, 0.25) is 0 Å². The van der Waals surface area contributed by atoms with E-state index in [4.69, 9.17) is 9.47 Å². The fourth-order valence-electron chi connectivity index (χ4n) is 2.09. The summed E-state index contributed by atoms with van der Waals surface area (Å²) in [4.78, 5) is 14.2. The van der Waals surface area contributed by atoms with Crippen molar-refractivity contribution in [3.63, 3.8) is 0 Å². The molecule has 1 heterocycles. The van der Waals surface area contributed by atoms with Gasteiger partial charge in [-0.25, -0.2) is 0 Å². The van der Waals surface area contributed by atoms with Crippen molar-refractivity contribution in [1.29, 1.82) is 0 Å². The van der Waals surface area contributed by atoms with Gasteiger partial charge in [0.1, 0.15) is 5.75 Å². The summed E-state index contributed by atoms with van der Waals surface area (Å²) in [6.07, 6.45) is 1.09. The number of benzene rings is 1. The number of nitrogens with zero attached hydrogens (tertiary/aromatic N) is 1. The Morgan fingerprint density at radius 1 is 1.56 bits per heavy atom. The van der Waals surface area contributed by atoms with Gasteiger partial charge in [0, 0.05) is 18.7 Å². The minimum atomic E-state index is 0.0515. The number of rotatable bonds is 3. The van der Waals surface area contributed by atoms with Gasteiger partial charge in [0.15, 0.2) is 0 Å². The van der Waals surface area contributed by atoms with Crippen molar-refractivity contribution in [3.05, 3.63) is 29.8 Å². The molecule has 98 valence electrons. The van der Waals surface area contributed by atoms with E-state index in [1.807, 2.05) is 23.1 Å². The molecule has 0 aromatic heterocycles. The molecule has 1 saturated heterocycles. The largest absolute Gasteiger partial charge is 0.497 e. The highest BCUT2D eigenvalue weighted by Gasteiger charge is 2.24. The zero-order chi connectivity index (χ0) is 13.0. The molecule has 0 saturated carbocycles. The van der Waals surface area contributed by atoms with E-state index in [0.29, 0.717) is 31.0 Å². The first-order valence-electron chi connectivity index (χ1n) is 6.29. The summed E-state index contributed by atoms with van der Waals surface area (Å²) in [6, 6.07) is 7.27. The van der Waals surface area contributed by atoms with Crippen LogP contribution in [0.5, 0.6) is 5.75 Å².